The Bertz CT molecular complexity index is 2350. The van der Waals surface area contributed by atoms with Gasteiger partial charge in [0.25, 0.3) is 0 Å². The van der Waals surface area contributed by atoms with Crippen LogP contribution in [0.1, 0.15) is 194 Å². The third kappa shape index (κ3) is 43.1. The minimum Gasteiger partial charge on any atom is -0.396 e. The molecule has 13 fully saturated rings. The molecule has 0 aromatic carbocycles. The summed E-state index contributed by atoms with van der Waals surface area (Å²) in [5.41, 5.74) is 70.2. The average Bonchev–Trinajstić information content (AvgIpc) is 1.73. The second-order valence-electron chi connectivity index (χ2n) is 34.9. The Balaban J connectivity index is 0.000000672. The first-order chi connectivity index (χ1) is 58.2. The monoisotopic (exact) mass is 1810 g/mol. The normalized spacial score (nSPS) is 42.9. The molecule has 0 aliphatic carbocycles. The summed E-state index contributed by atoms with van der Waals surface area (Å²) in [4.78, 5) is 0. The molecule has 0 radical (unpaired) electrons. The molecular weight excluding hydrogens is 1630 g/mol. The highest BCUT2D eigenvalue weighted by atomic mass is 16.6. The summed E-state index contributed by atoms with van der Waals surface area (Å²) < 4.78 is 68.6. The molecule has 13 heterocycles. The van der Waals surface area contributed by atoms with E-state index in [1.54, 1.807) is 41.5 Å². The maximum absolute atomic E-state index is 9.17. The lowest BCUT2D eigenvalue weighted by Crippen LogP contribution is -2.37. The molecule has 13 aliphatic rings. The Morgan fingerprint density at radius 3 is 0.573 bits per heavy atom. The molecule has 43 atom stereocenters. The zero-order valence-electron chi connectivity index (χ0n) is 77.0. The minimum absolute atomic E-state index is 0.0185. The number of nitrogens with two attached hydrogens (primary N) is 13. The second kappa shape index (κ2) is 64.3. The van der Waals surface area contributed by atoms with Crippen LogP contribution in [0.25, 0.3) is 0 Å². The van der Waals surface area contributed by atoms with E-state index in [2.05, 4.69) is 34.6 Å². The van der Waals surface area contributed by atoms with Crippen molar-refractivity contribution in [1.29, 1.82) is 0 Å². The van der Waals surface area contributed by atoms with Crippen molar-refractivity contribution in [3.63, 3.8) is 0 Å². The van der Waals surface area contributed by atoms with Crippen LogP contribution in [0.2, 0.25) is 0 Å². The van der Waals surface area contributed by atoms with Crippen molar-refractivity contribution in [3.8, 4) is 0 Å². The van der Waals surface area contributed by atoms with Crippen LogP contribution >= 0.6 is 0 Å². The van der Waals surface area contributed by atoms with Crippen molar-refractivity contribution in [1.82, 2.24) is 0 Å². The highest BCUT2D eigenvalue weighted by Gasteiger charge is 2.44. The van der Waals surface area contributed by atoms with E-state index in [9.17, 15) is 30.6 Å². The predicted molar refractivity (Wildman–Crippen MR) is 468 cm³/mol. The largest absolute Gasteiger partial charge is 0.396 e. The van der Waals surface area contributed by atoms with Gasteiger partial charge in [-0.2, -0.15) is 0 Å². The van der Waals surface area contributed by atoms with Gasteiger partial charge in [-0.1, -0.05) is 0 Å². The van der Waals surface area contributed by atoms with Gasteiger partial charge in [-0.25, -0.2) is 0 Å². The van der Waals surface area contributed by atoms with Gasteiger partial charge in [-0.15, -0.1) is 0 Å². The third-order valence-corrected chi connectivity index (χ3v) is 23.7. The van der Waals surface area contributed by atoms with E-state index in [4.69, 9.17) is 182 Å². The van der Waals surface area contributed by atoms with E-state index < -0.39 is 110 Å². The van der Waals surface area contributed by atoms with Crippen LogP contribution in [0.5, 0.6) is 0 Å². The third-order valence-electron chi connectivity index (χ3n) is 23.7. The van der Waals surface area contributed by atoms with Gasteiger partial charge in [-0.3, -0.25) is 0 Å². The van der Waals surface area contributed by atoms with Crippen molar-refractivity contribution in [2.45, 2.75) is 456 Å². The Kier molecular flexibility index (Phi) is 62.4. The highest BCUT2D eigenvalue weighted by molar-refractivity contribution is 4.94. The molecule has 0 aromatic heterocycles. The average molecular weight is 1810 g/mol. The fraction of sp³-hybridized carbons (Fsp3) is 1.00. The molecule has 13 rings (SSSR count). The summed E-state index contributed by atoms with van der Waals surface area (Å²) in [5, 5.41) is 136. The fourth-order valence-electron chi connectivity index (χ4n) is 15.2. The molecule has 41 heteroatoms. The number of rotatable bonds is 16. The number of hydrogen-bond donors (Lipinski definition) is 28. The zero-order chi connectivity index (χ0) is 94.7. The molecular formula is C83H179N13O28. The summed E-state index contributed by atoms with van der Waals surface area (Å²) >= 11 is 0. The molecule has 13 saturated heterocycles. The van der Waals surface area contributed by atoms with Gasteiger partial charge in [0.2, 0.25) is 0 Å². The van der Waals surface area contributed by atoms with Gasteiger partial charge in [0.05, 0.1) is 177 Å². The summed E-state index contributed by atoms with van der Waals surface area (Å²) in [5.74, 6) is 0. The smallest absolute Gasteiger partial charge is 0.110 e. The van der Waals surface area contributed by atoms with Crippen LogP contribution < -0.4 is 74.5 Å². The standard InChI is InChI=1S/C8H17NO2.C7H15NO2.2C7H15NO.6C6H13NO3.C6H13NO2.2C6H13NO/c1-6-2-3-8(11-6)7(9)4-5-10;1-5-2-3-7(10-5)6(8)4-9;2*1-5-3-4-7(9-5)6(2)8;6*1-3-5(8)6(9)4(2-7)10-3;1-4-2-5(8)6(3-7)9-4;2*1-5-2-3-6(4-7)8-5/h6-8,10H,2-5,9H2,1H3;5-7,9H,2-4,8H2,1H3;2*5-7H,3-4,8H2,1-2H3;6*3-6,8-9H,2,7H2,1H3;4-6,8H,2-3,7H2,1H3;2*5-6H,2-4,7H2,1H3/t6?,7?,8-;5-,6-,7+;5?,6-,7?;5-,6-,7+;3-,4+,5+,6+;3-,4+,5-,6?;2*3-,4+,5-,6+;3-,4-,5+,6+;3-,4-,5-,6+;4-,5?,6?;5-,6?;5-,6-/m1010011001001/s1. The molecule has 41 nitrogen and oxygen atoms in total. The maximum Gasteiger partial charge on any atom is 0.110 e. The first-order valence-corrected chi connectivity index (χ1v) is 45.2. The number of aliphatic hydroxyl groups is 15. The van der Waals surface area contributed by atoms with Gasteiger partial charge in [0.1, 0.15) is 73.2 Å². The quantitative estimate of drug-likeness (QED) is 0.0683. The SMILES string of the molecule is CC1CCC([C@@H](C)N)O1.CC1CC[C@H](C(N)CCO)O1.C[C@@H]1CC[C@H](CN)O1.C[C@@H]1O[C@@H](CN)[C@@H](O)[C@@H]1O.C[C@@H]1O[C@H](CN)[C@@H](O)[C@@H]1O.C[C@@H]1O[C@H](CN)[C@@H](O)[C@H]1O.C[C@H](N)[C@H]1CC[C@H](C)O1.C[C@H]1CC(O)C(CN)O1.C[C@H]1CCC(CN)O1.C[C@H]1CC[C@H]([C@@H](N)CO)O1.C[C@H]1O[C@@H](CN)C(O)[C@@H]1O.C[C@H]1O[C@@H](CN)[C@H](O)[C@@H]1O.C[C@H]1O[C@H](CN)[C@H](O)[C@@H]1O. The predicted octanol–water partition coefficient (Wildman–Crippen LogP) is -6.83. The first kappa shape index (κ1) is 120. The van der Waals surface area contributed by atoms with Crippen LogP contribution in [-0.4, -0.2) is 411 Å². The highest BCUT2D eigenvalue weighted by Crippen LogP contribution is 2.29. The molecule has 744 valence electrons. The van der Waals surface area contributed by atoms with Crippen molar-refractivity contribution in [3.05, 3.63) is 0 Å². The van der Waals surface area contributed by atoms with Crippen LogP contribution in [0.15, 0.2) is 0 Å². The van der Waals surface area contributed by atoms with E-state index in [1.807, 2.05) is 27.7 Å². The maximum atomic E-state index is 9.17. The van der Waals surface area contributed by atoms with Gasteiger partial charge in [-0.05, 0) is 187 Å². The topological polar surface area (TPSA) is 762 Å². The summed E-state index contributed by atoms with van der Waals surface area (Å²) in [6, 6.07) is 0.236. The van der Waals surface area contributed by atoms with E-state index in [0.29, 0.717) is 87.1 Å². The lowest BCUT2D eigenvalue weighted by Gasteiger charge is -2.17. The van der Waals surface area contributed by atoms with Crippen LogP contribution in [0, 0.1) is 0 Å². The van der Waals surface area contributed by atoms with Crippen molar-refractivity contribution < 1.29 is 138 Å². The molecule has 8 unspecified atom stereocenters. The lowest BCUT2D eigenvalue weighted by molar-refractivity contribution is 0.0223. The number of ether oxygens (including phenoxy) is 13. The summed E-state index contributed by atoms with van der Waals surface area (Å²) in [6.07, 6.45) is 4.78. The minimum atomic E-state index is -0.819. The molecule has 0 spiro atoms. The van der Waals surface area contributed by atoms with E-state index >= 15 is 0 Å². The summed E-state index contributed by atoms with van der Waals surface area (Å²) in [6.45, 7) is 32.2. The Morgan fingerprint density at radius 1 is 0.242 bits per heavy atom. The first-order valence-electron chi connectivity index (χ1n) is 45.2. The molecule has 0 amide bonds. The second-order valence-corrected chi connectivity index (χ2v) is 34.9. The van der Waals surface area contributed by atoms with Crippen LogP contribution in [0.4, 0.5) is 0 Å². The van der Waals surface area contributed by atoms with Gasteiger partial charge < -0.3 is 213 Å². The van der Waals surface area contributed by atoms with Gasteiger partial charge in [0, 0.05) is 90.1 Å². The van der Waals surface area contributed by atoms with Crippen molar-refractivity contribution in [2.24, 2.45) is 74.5 Å². The molecule has 41 N–H and O–H groups in total. The van der Waals surface area contributed by atoms with Crippen molar-refractivity contribution in [2.75, 3.05) is 72.1 Å². The van der Waals surface area contributed by atoms with Crippen LogP contribution in [-0.2, 0) is 61.6 Å². The fourth-order valence-corrected chi connectivity index (χ4v) is 15.2. The zero-order valence-corrected chi connectivity index (χ0v) is 77.0. The number of hydrogen-bond acceptors (Lipinski definition) is 41. The van der Waals surface area contributed by atoms with E-state index in [-0.39, 0.29) is 144 Å². The lowest BCUT2D eigenvalue weighted by atomic mass is 10.1. The summed E-state index contributed by atoms with van der Waals surface area (Å²) in [7, 11) is 0. The molecule has 124 heavy (non-hydrogen) atoms. The van der Waals surface area contributed by atoms with E-state index in [0.717, 1.165) is 57.8 Å². The van der Waals surface area contributed by atoms with Crippen molar-refractivity contribution >= 4 is 0 Å². The molecule has 0 aromatic rings. The Labute approximate surface area is 737 Å². The number of aliphatic hydroxyl groups excluding tert-OH is 15. The molecule has 0 saturated carbocycles. The Morgan fingerprint density at radius 2 is 0.460 bits per heavy atom. The van der Waals surface area contributed by atoms with Crippen LogP contribution in [0.3, 0.4) is 0 Å². The molecule has 0 bridgehead atoms. The Hall–Kier alpha value is -1.64. The van der Waals surface area contributed by atoms with Gasteiger partial charge >= 0.3 is 0 Å². The van der Waals surface area contributed by atoms with E-state index in [1.165, 1.54) is 25.7 Å². The molecule has 13 aliphatic heterocycles. The van der Waals surface area contributed by atoms with Gasteiger partial charge in [0.15, 0.2) is 0 Å².